The molecular weight excluding hydrogens is 793 g/mol. The monoisotopic (exact) mass is 902 g/mol. The average Bonchev–Trinajstić information content (AvgIpc) is 3.26. The predicted octanol–water partition coefficient (Wildman–Crippen LogP) is 22.8. The summed E-state index contributed by atoms with van der Waals surface area (Å²) in [6.07, 6.45) is 64.8. The molecule has 1 aromatic rings. The summed E-state index contributed by atoms with van der Waals surface area (Å²) < 4.78 is 0. The van der Waals surface area contributed by atoms with E-state index in [4.69, 9.17) is 0 Å². The van der Waals surface area contributed by atoms with E-state index >= 15 is 0 Å². The second-order valence-electron chi connectivity index (χ2n) is 19.3. The van der Waals surface area contributed by atoms with Gasteiger partial charge in [-0.15, -0.1) is 35.3 Å². The van der Waals surface area contributed by atoms with Gasteiger partial charge >= 0.3 is 0 Å². The Bertz CT molecular complexity index is 933. The normalized spacial score (nSPS) is 11.7. The maximum atomic E-state index is 4.48. The molecule has 0 aliphatic rings. The highest BCUT2D eigenvalue weighted by Gasteiger charge is 2.13. The average molecular weight is 903 g/mol. The highest BCUT2D eigenvalue weighted by Crippen LogP contribution is 2.41. The topological polar surface area (TPSA) is 0 Å². The van der Waals surface area contributed by atoms with Crippen molar-refractivity contribution in [2.24, 2.45) is 0 Å². The molecule has 0 bridgehead atoms. The lowest BCUT2D eigenvalue weighted by Gasteiger charge is -2.16. The van der Waals surface area contributed by atoms with Gasteiger partial charge in [0.15, 0.2) is 0 Å². The Morgan fingerprint density at radius 3 is 0.656 bits per heavy atom. The van der Waals surface area contributed by atoms with Gasteiger partial charge in [0.25, 0.3) is 0 Å². The second kappa shape index (κ2) is 49.7. The first kappa shape index (κ1) is 59.3. The first-order valence-corrected chi connectivity index (χ1v) is 31.1. The molecule has 0 N–H and O–H groups in total. The molecule has 0 spiro atoms. The molecule has 0 saturated carbocycles. The molecule has 1 rings (SSSR count). The fraction of sp³-hybridized carbons (Fsp3) is 0.879. The first-order valence-electron chi connectivity index (χ1n) is 28.1. The Morgan fingerprint density at radius 1 is 0.262 bits per heavy atom. The Balaban J connectivity index is 2.37. The standard InChI is InChI=1S/C58H109S3/c1-5-8-11-14-17-20-23-26-29-32-35-38-41-44-47-50-59-56-53-55(4)54-57(60-51-48-45-42-39-36-33-30-27-24-21-18-15-12-9-6-2)58(56)61-52-49-46-43-40-37-34-31-28-25-22-19-16-13-10-7-3/h53-54H,4-52H2,1-3H3. The van der Waals surface area contributed by atoms with Crippen LogP contribution in [-0.2, 0) is 0 Å². The van der Waals surface area contributed by atoms with E-state index in [1.165, 1.54) is 322 Å². The van der Waals surface area contributed by atoms with Crippen molar-refractivity contribution in [3.05, 3.63) is 24.6 Å². The maximum absolute atomic E-state index is 4.48. The van der Waals surface area contributed by atoms with Gasteiger partial charge in [-0.25, -0.2) is 0 Å². The molecule has 0 saturated heterocycles. The van der Waals surface area contributed by atoms with Crippen molar-refractivity contribution >= 4 is 35.3 Å². The van der Waals surface area contributed by atoms with Crippen LogP contribution in [0.1, 0.15) is 315 Å². The van der Waals surface area contributed by atoms with Crippen LogP contribution in [0.15, 0.2) is 26.8 Å². The minimum atomic E-state index is 1.22. The highest BCUT2D eigenvalue weighted by atomic mass is 32.2. The molecule has 0 fully saturated rings. The number of hydrogen-bond acceptors (Lipinski definition) is 3. The minimum Gasteiger partial charge on any atom is -0.125 e. The van der Waals surface area contributed by atoms with Gasteiger partial charge in [-0.05, 0) is 61.1 Å². The molecule has 0 heterocycles. The molecule has 0 aliphatic heterocycles. The fourth-order valence-electron chi connectivity index (χ4n) is 8.95. The zero-order valence-corrected chi connectivity index (χ0v) is 44.5. The molecule has 1 radical (unpaired) electrons. The van der Waals surface area contributed by atoms with Crippen molar-refractivity contribution in [2.75, 3.05) is 17.3 Å². The molecule has 1 aromatic carbocycles. The van der Waals surface area contributed by atoms with Crippen LogP contribution in [0.3, 0.4) is 0 Å². The van der Waals surface area contributed by atoms with Gasteiger partial charge in [-0.2, -0.15) is 0 Å². The summed E-state index contributed by atoms with van der Waals surface area (Å²) in [5.74, 6) is 3.79. The van der Waals surface area contributed by atoms with Gasteiger partial charge in [0, 0.05) is 14.7 Å². The summed E-state index contributed by atoms with van der Waals surface area (Å²) in [6.45, 7) is 11.4. The summed E-state index contributed by atoms with van der Waals surface area (Å²) in [6, 6.07) is 4.84. The van der Waals surface area contributed by atoms with Crippen LogP contribution in [0.4, 0.5) is 0 Å². The van der Waals surface area contributed by atoms with Gasteiger partial charge < -0.3 is 0 Å². The third-order valence-electron chi connectivity index (χ3n) is 13.1. The van der Waals surface area contributed by atoms with Gasteiger partial charge in [0.1, 0.15) is 0 Å². The van der Waals surface area contributed by atoms with Crippen molar-refractivity contribution in [1.82, 2.24) is 0 Å². The number of rotatable bonds is 51. The van der Waals surface area contributed by atoms with E-state index in [1.54, 1.807) is 4.90 Å². The van der Waals surface area contributed by atoms with Crippen LogP contribution < -0.4 is 0 Å². The lowest BCUT2D eigenvalue weighted by atomic mass is 10.0. The molecule has 0 nitrogen and oxygen atoms in total. The Morgan fingerprint density at radius 2 is 0.443 bits per heavy atom. The quantitative estimate of drug-likeness (QED) is 0.0472. The van der Waals surface area contributed by atoms with Crippen LogP contribution >= 0.6 is 35.3 Å². The van der Waals surface area contributed by atoms with E-state index in [9.17, 15) is 0 Å². The summed E-state index contributed by atoms with van der Waals surface area (Å²) >= 11 is 6.45. The van der Waals surface area contributed by atoms with E-state index in [0.717, 1.165) is 0 Å². The SMILES string of the molecule is [CH2]c1cc(SCCCCCCCCCCCCCCCCC)c(SCCCCCCCCCCCCCCCCC)c(SCCCCCCCCCCCCCCCCC)c1. The molecular formula is C58H109S3. The first-order chi connectivity index (χ1) is 30.2. The molecule has 359 valence electrons. The van der Waals surface area contributed by atoms with Crippen LogP contribution in [0, 0.1) is 6.92 Å². The Kier molecular flexibility index (Phi) is 48.3. The number of thioether (sulfide) groups is 3. The largest absolute Gasteiger partial charge is 0.125 e. The van der Waals surface area contributed by atoms with Crippen LogP contribution in [0.25, 0.3) is 0 Å². The predicted molar refractivity (Wildman–Crippen MR) is 288 cm³/mol. The van der Waals surface area contributed by atoms with E-state index in [2.05, 4.69) is 75.1 Å². The highest BCUT2D eigenvalue weighted by molar-refractivity contribution is 8.03. The zero-order valence-electron chi connectivity index (χ0n) is 42.0. The van der Waals surface area contributed by atoms with Gasteiger partial charge in [-0.3, -0.25) is 0 Å². The summed E-state index contributed by atoms with van der Waals surface area (Å²) in [4.78, 5) is 4.65. The van der Waals surface area contributed by atoms with E-state index < -0.39 is 0 Å². The molecule has 0 aromatic heterocycles. The Hall–Kier alpha value is 0.270. The zero-order chi connectivity index (χ0) is 43.8. The number of hydrogen-bond donors (Lipinski definition) is 0. The lowest BCUT2D eigenvalue weighted by molar-refractivity contribution is 0.535. The smallest absolute Gasteiger partial charge is 0.0344 e. The number of unbranched alkanes of at least 4 members (excludes halogenated alkanes) is 42. The van der Waals surface area contributed by atoms with E-state index in [0.29, 0.717) is 0 Å². The lowest BCUT2D eigenvalue weighted by Crippen LogP contribution is -1.92. The number of benzene rings is 1. The third-order valence-corrected chi connectivity index (χ3v) is 16.8. The summed E-state index contributed by atoms with van der Waals surface area (Å²) in [5, 5.41) is 0. The molecule has 0 aliphatic carbocycles. The van der Waals surface area contributed by atoms with Crippen molar-refractivity contribution in [1.29, 1.82) is 0 Å². The molecule has 0 amide bonds. The third kappa shape index (κ3) is 41.4. The van der Waals surface area contributed by atoms with Crippen molar-refractivity contribution in [3.63, 3.8) is 0 Å². The summed E-state index contributed by atoms with van der Waals surface area (Å²) in [7, 11) is 0. The van der Waals surface area contributed by atoms with Crippen molar-refractivity contribution in [2.45, 2.75) is 324 Å². The fourth-order valence-corrected chi connectivity index (χ4v) is 12.8. The van der Waals surface area contributed by atoms with Gasteiger partial charge in [0.05, 0.1) is 0 Å². The van der Waals surface area contributed by atoms with Gasteiger partial charge in [0.2, 0.25) is 0 Å². The summed E-state index contributed by atoms with van der Waals surface area (Å²) in [5.41, 5.74) is 1.22. The van der Waals surface area contributed by atoms with Gasteiger partial charge in [-0.1, -0.05) is 290 Å². The maximum Gasteiger partial charge on any atom is 0.0344 e. The van der Waals surface area contributed by atoms with Crippen LogP contribution in [0.2, 0.25) is 0 Å². The second-order valence-corrected chi connectivity index (χ2v) is 22.7. The van der Waals surface area contributed by atoms with Crippen LogP contribution in [-0.4, -0.2) is 17.3 Å². The Labute approximate surface area is 399 Å². The molecule has 61 heavy (non-hydrogen) atoms. The van der Waals surface area contributed by atoms with Crippen LogP contribution in [0.5, 0.6) is 0 Å². The van der Waals surface area contributed by atoms with Crippen molar-refractivity contribution in [3.8, 4) is 0 Å². The van der Waals surface area contributed by atoms with E-state index in [1.807, 2.05) is 0 Å². The molecule has 0 unspecified atom stereocenters. The van der Waals surface area contributed by atoms with Crippen molar-refractivity contribution < 1.29 is 0 Å². The minimum absolute atomic E-state index is 1.22. The molecule has 0 atom stereocenters. The van der Waals surface area contributed by atoms with E-state index in [-0.39, 0.29) is 0 Å². The molecule has 3 heteroatoms.